The van der Waals surface area contributed by atoms with Crippen LogP contribution in [0.3, 0.4) is 0 Å². The average Bonchev–Trinajstić information content (AvgIpc) is 2.62. The first-order valence-electron chi connectivity index (χ1n) is 8.99. The Kier molecular flexibility index (Phi) is 9.05. The number of rotatable bonds is 9. The van der Waals surface area contributed by atoms with Gasteiger partial charge in [0.25, 0.3) is 0 Å². The molecule has 1 rings (SSSR count). The highest BCUT2D eigenvalue weighted by atomic mass is 16.6. The van der Waals surface area contributed by atoms with Crippen LogP contribution in [0.2, 0.25) is 0 Å². The topological polar surface area (TPSA) is 92.3 Å². The van der Waals surface area contributed by atoms with Gasteiger partial charge in [0, 0.05) is 0 Å². The second-order valence-electron chi connectivity index (χ2n) is 7.26. The quantitative estimate of drug-likeness (QED) is 0.641. The molecule has 158 valence electrons. The Bertz CT molecular complexity index is 654. The van der Waals surface area contributed by atoms with Crippen molar-refractivity contribution in [3.63, 3.8) is 0 Å². The third kappa shape index (κ3) is 8.04. The minimum Gasteiger partial charge on any atom is -0.493 e. The van der Waals surface area contributed by atoms with Crippen molar-refractivity contribution in [3.05, 3.63) is 23.8 Å². The second kappa shape index (κ2) is 10.8. The number of nitrogens with one attached hydrogen (secondary N) is 1. The lowest BCUT2D eigenvalue weighted by atomic mass is 10.1. The molecule has 8 heteroatoms. The van der Waals surface area contributed by atoms with Crippen molar-refractivity contribution >= 4 is 12.1 Å². The van der Waals surface area contributed by atoms with Gasteiger partial charge in [-0.15, -0.1) is 0 Å². The summed E-state index contributed by atoms with van der Waals surface area (Å²) in [6.45, 7) is 7.04. The number of alkyl carbamates (subject to hydrolysis) is 1. The van der Waals surface area contributed by atoms with E-state index in [1.807, 2.05) is 25.1 Å². The Balaban J connectivity index is 2.66. The summed E-state index contributed by atoms with van der Waals surface area (Å²) in [5.41, 5.74) is 0.312. The predicted molar refractivity (Wildman–Crippen MR) is 104 cm³/mol. The van der Waals surface area contributed by atoms with Gasteiger partial charge in [0.15, 0.2) is 17.5 Å². The van der Waals surface area contributed by atoms with Gasteiger partial charge < -0.3 is 29.0 Å². The van der Waals surface area contributed by atoms with Crippen LogP contribution in [0.5, 0.6) is 11.5 Å². The Labute approximate surface area is 166 Å². The van der Waals surface area contributed by atoms with Crippen LogP contribution in [0.4, 0.5) is 4.79 Å². The van der Waals surface area contributed by atoms with Gasteiger partial charge in [0.1, 0.15) is 5.60 Å². The molecule has 0 spiro atoms. The van der Waals surface area contributed by atoms with Crippen LogP contribution in [0, 0.1) is 0 Å². The first-order chi connectivity index (χ1) is 13.1. The van der Waals surface area contributed by atoms with E-state index in [4.69, 9.17) is 23.7 Å². The van der Waals surface area contributed by atoms with Crippen LogP contribution >= 0.6 is 0 Å². The molecule has 8 nitrogen and oxygen atoms in total. The largest absolute Gasteiger partial charge is 0.493 e. The molecule has 2 atom stereocenters. The monoisotopic (exact) mass is 397 g/mol. The van der Waals surface area contributed by atoms with Gasteiger partial charge >= 0.3 is 12.1 Å². The number of esters is 1. The molecular weight excluding hydrogens is 366 g/mol. The fraction of sp³-hybridized carbons (Fsp3) is 0.600. The number of hydrogen-bond donors (Lipinski definition) is 1. The average molecular weight is 397 g/mol. The lowest BCUT2D eigenvalue weighted by molar-refractivity contribution is -0.145. The number of carbonyl (C=O) groups excluding carboxylic acids is 2. The molecule has 0 aliphatic heterocycles. The molecule has 0 aromatic heterocycles. The van der Waals surface area contributed by atoms with E-state index in [1.165, 1.54) is 7.11 Å². The molecule has 0 fully saturated rings. The summed E-state index contributed by atoms with van der Waals surface area (Å²) in [6, 6.07) is 4.64. The van der Waals surface area contributed by atoms with E-state index in [1.54, 1.807) is 35.0 Å². The highest BCUT2D eigenvalue weighted by Crippen LogP contribution is 2.28. The van der Waals surface area contributed by atoms with Gasteiger partial charge in [-0.25, -0.2) is 9.59 Å². The number of methoxy groups -OCH3 is 3. The maximum absolute atomic E-state index is 11.9. The molecule has 1 N–H and O–H groups in total. The van der Waals surface area contributed by atoms with Crippen LogP contribution in [0.1, 0.15) is 33.3 Å². The van der Waals surface area contributed by atoms with Crippen molar-refractivity contribution in [1.82, 2.24) is 5.32 Å². The lowest BCUT2D eigenvalue weighted by Gasteiger charge is -2.23. The van der Waals surface area contributed by atoms with Crippen molar-refractivity contribution < 1.29 is 33.3 Å². The first kappa shape index (κ1) is 23.6. The Morgan fingerprint density at radius 1 is 1.07 bits per heavy atom. The summed E-state index contributed by atoms with van der Waals surface area (Å²) in [5, 5.41) is 2.48. The smallest absolute Gasteiger partial charge is 0.408 e. The van der Waals surface area contributed by atoms with Gasteiger partial charge in [0.05, 0.1) is 34.0 Å². The molecule has 0 aliphatic carbocycles. The molecule has 0 radical (unpaired) electrons. The van der Waals surface area contributed by atoms with Crippen LogP contribution in [-0.4, -0.2) is 57.7 Å². The summed E-state index contributed by atoms with van der Waals surface area (Å²) in [4.78, 5) is 23.9. The maximum atomic E-state index is 11.9. The standard InChI is InChI=1S/C20H31NO7/c1-13(10-14-8-9-16(24-5)17(11-14)25-6)27-12-15(18(22)26-7)21-19(23)28-20(2,3)4/h8-9,11,13,15H,10,12H2,1-7H3,(H,21,23). The third-order valence-corrected chi connectivity index (χ3v) is 3.70. The van der Waals surface area contributed by atoms with Gasteiger partial charge in [-0.3, -0.25) is 0 Å². The van der Waals surface area contributed by atoms with E-state index in [0.717, 1.165) is 5.56 Å². The zero-order valence-corrected chi connectivity index (χ0v) is 17.7. The van der Waals surface area contributed by atoms with E-state index in [0.29, 0.717) is 17.9 Å². The van der Waals surface area contributed by atoms with Crippen molar-refractivity contribution in [2.45, 2.75) is 51.9 Å². The Morgan fingerprint density at radius 3 is 2.25 bits per heavy atom. The molecule has 0 aliphatic rings. The molecule has 0 saturated heterocycles. The van der Waals surface area contributed by atoms with Gasteiger partial charge in [-0.05, 0) is 51.8 Å². The normalized spacial score (nSPS) is 13.2. The highest BCUT2D eigenvalue weighted by Gasteiger charge is 2.26. The molecule has 28 heavy (non-hydrogen) atoms. The van der Waals surface area contributed by atoms with Crippen LogP contribution in [0.15, 0.2) is 18.2 Å². The summed E-state index contributed by atoms with van der Waals surface area (Å²) in [7, 11) is 4.40. The van der Waals surface area contributed by atoms with Crippen molar-refractivity contribution in [1.29, 1.82) is 0 Å². The summed E-state index contributed by atoms with van der Waals surface area (Å²) >= 11 is 0. The fourth-order valence-corrected chi connectivity index (χ4v) is 2.42. The van der Waals surface area contributed by atoms with Crippen LogP contribution < -0.4 is 14.8 Å². The number of benzene rings is 1. The first-order valence-corrected chi connectivity index (χ1v) is 8.99. The molecule has 1 aromatic carbocycles. The third-order valence-electron chi connectivity index (χ3n) is 3.70. The van der Waals surface area contributed by atoms with E-state index < -0.39 is 23.7 Å². The molecule has 1 aromatic rings. The summed E-state index contributed by atoms with van der Waals surface area (Å²) in [6.07, 6.45) is -0.342. The molecule has 0 bridgehead atoms. The lowest BCUT2D eigenvalue weighted by Crippen LogP contribution is -2.47. The summed E-state index contributed by atoms with van der Waals surface area (Å²) in [5.74, 6) is 0.669. The van der Waals surface area contributed by atoms with E-state index in [9.17, 15) is 9.59 Å². The minimum absolute atomic E-state index is 0.0413. The molecule has 2 unspecified atom stereocenters. The van der Waals surface area contributed by atoms with Crippen LogP contribution in [-0.2, 0) is 25.4 Å². The van der Waals surface area contributed by atoms with Gasteiger partial charge in [0.2, 0.25) is 0 Å². The van der Waals surface area contributed by atoms with Crippen LogP contribution in [0.25, 0.3) is 0 Å². The van der Waals surface area contributed by atoms with E-state index in [-0.39, 0.29) is 12.7 Å². The Morgan fingerprint density at radius 2 is 1.71 bits per heavy atom. The molecular formula is C20H31NO7. The second-order valence-corrected chi connectivity index (χ2v) is 7.26. The van der Waals surface area contributed by atoms with Gasteiger partial charge in [-0.2, -0.15) is 0 Å². The van der Waals surface area contributed by atoms with Crippen molar-refractivity contribution in [2.24, 2.45) is 0 Å². The molecule has 1 amide bonds. The maximum Gasteiger partial charge on any atom is 0.408 e. The minimum atomic E-state index is -0.965. The summed E-state index contributed by atoms with van der Waals surface area (Å²) < 4.78 is 26.2. The van der Waals surface area contributed by atoms with Crippen molar-refractivity contribution in [3.8, 4) is 11.5 Å². The zero-order chi connectivity index (χ0) is 21.3. The van der Waals surface area contributed by atoms with E-state index in [2.05, 4.69) is 5.32 Å². The van der Waals surface area contributed by atoms with E-state index >= 15 is 0 Å². The van der Waals surface area contributed by atoms with Gasteiger partial charge in [-0.1, -0.05) is 6.07 Å². The zero-order valence-electron chi connectivity index (χ0n) is 17.7. The number of amides is 1. The Hall–Kier alpha value is -2.48. The number of carbonyl (C=O) groups is 2. The molecule has 0 saturated carbocycles. The van der Waals surface area contributed by atoms with Crippen molar-refractivity contribution in [2.75, 3.05) is 27.9 Å². The number of hydrogen-bond acceptors (Lipinski definition) is 7. The number of ether oxygens (including phenoxy) is 5. The predicted octanol–water partition coefficient (Wildman–Crippen LogP) is 2.72. The highest BCUT2D eigenvalue weighted by molar-refractivity contribution is 5.81. The SMILES string of the molecule is COC(=O)C(COC(C)Cc1ccc(OC)c(OC)c1)NC(=O)OC(C)(C)C. The molecule has 0 heterocycles. The fourth-order valence-electron chi connectivity index (χ4n) is 2.42.